The zero-order valence-electron chi connectivity index (χ0n) is 18.9. The van der Waals surface area contributed by atoms with Crippen LogP contribution in [0.25, 0.3) is 0 Å². The van der Waals surface area contributed by atoms with Crippen LogP contribution in [-0.4, -0.2) is 38.2 Å². The van der Waals surface area contributed by atoms with Gasteiger partial charge in [-0.25, -0.2) is 4.79 Å². The molecule has 6 heteroatoms. The van der Waals surface area contributed by atoms with Crippen LogP contribution in [0.2, 0.25) is 0 Å². The molecule has 0 aliphatic heterocycles. The van der Waals surface area contributed by atoms with Crippen molar-refractivity contribution in [2.24, 2.45) is 5.92 Å². The molecule has 1 N–H and O–H groups in total. The first-order valence-electron chi connectivity index (χ1n) is 10.7. The van der Waals surface area contributed by atoms with Crippen molar-refractivity contribution in [3.8, 4) is 11.5 Å². The summed E-state index contributed by atoms with van der Waals surface area (Å²) < 4.78 is 16.2. The first-order valence-corrected chi connectivity index (χ1v) is 10.7. The number of hydrogen-bond donors (Lipinski definition) is 1. The van der Waals surface area contributed by atoms with E-state index in [0.29, 0.717) is 29.6 Å². The van der Waals surface area contributed by atoms with Gasteiger partial charge in [-0.15, -0.1) is 0 Å². The Morgan fingerprint density at radius 3 is 2.39 bits per heavy atom. The van der Waals surface area contributed by atoms with E-state index in [1.807, 2.05) is 25.1 Å². The number of amides is 1. The second kappa shape index (κ2) is 12.6. The van der Waals surface area contributed by atoms with E-state index in [2.05, 4.69) is 31.3 Å². The third-order valence-electron chi connectivity index (χ3n) is 4.80. The molecule has 0 aliphatic rings. The maximum atomic E-state index is 12.3. The molecule has 0 spiro atoms. The third kappa shape index (κ3) is 8.70. The average Bonchev–Trinajstić information content (AvgIpc) is 2.76. The zero-order chi connectivity index (χ0) is 22.6. The summed E-state index contributed by atoms with van der Waals surface area (Å²) in [7, 11) is 1.52. The fraction of sp³-hybridized carbons (Fsp3) is 0.440. The smallest absolute Gasteiger partial charge is 0.338 e. The molecule has 2 aromatic rings. The summed E-state index contributed by atoms with van der Waals surface area (Å²) in [5.74, 6) is 0.656. The highest BCUT2D eigenvalue weighted by molar-refractivity contribution is 5.92. The molecule has 0 fully saturated rings. The Morgan fingerprint density at radius 2 is 1.71 bits per heavy atom. The molecule has 0 aromatic heterocycles. The van der Waals surface area contributed by atoms with Crippen molar-refractivity contribution in [3.05, 3.63) is 59.7 Å². The lowest BCUT2D eigenvalue weighted by atomic mass is 10.1. The molecular formula is C25H33NO5. The molecular weight excluding hydrogens is 394 g/mol. The standard InChI is InChI=1S/C25H33NO5/c1-18(2)14-15-30-22-13-12-21(16-23(22)29-4)25(28)31-17-24(27)26-19(3)10-11-20-8-6-5-7-9-20/h5-9,12-13,16,18-19H,10-11,14-15,17H2,1-4H3,(H,26,27). The molecule has 0 saturated heterocycles. The van der Waals surface area contributed by atoms with Crippen molar-refractivity contribution in [2.45, 2.75) is 46.1 Å². The number of ether oxygens (including phenoxy) is 3. The largest absolute Gasteiger partial charge is 0.493 e. The number of carbonyl (C=O) groups is 2. The van der Waals surface area contributed by atoms with Crippen molar-refractivity contribution in [2.75, 3.05) is 20.3 Å². The number of esters is 1. The highest BCUT2D eigenvalue weighted by Crippen LogP contribution is 2.28. The van der Waals surface area contributed by atoms with E-state index in [9.17, 15) is 9.59 Å². The van der Waals surface area contributed by atoms with E-state index in [0.717, 1.165) is 19.3 Å². The quantitative estimate of drug-likeness (QED) is 0.508. The molecule has 0 radical (unpaired) electrons. The molecule has 0 bridgehead atoms. The summed E-state index contributed by atoms with van der Waals surface area (Å²) in [6.45, 7) is 6.43. The van der Waals surface area contributed by atoms with Crippen LogP contribution in [0.15, 0.2) is 48.5 Å². The normalized spacial score (nSPS) is 11.6. The molecule has 1 unspecified atom stereocenters. The van der Waals surface area contributed by atoms with Crippen molar-refractivity contribution in [1.82, 2.24) is 5.32 Å². The second-order valence-electron chi connectivity index (χ2n) is 7.97. The Morgan fingerprint density at radius 1 is 0.968 bits per heavy atom. The molecule has 0 heterocycles. The lowest BCUT2D eigenvalue weighted by Gasteiger charge is -2.15. The number of rotatable bonds is 12. The Kier molecular flexibility index (Phi) is 9.88. The molecule has 6 nitrogen and oxygen atoms in total. The molecule has 0 aliphatic carbocycles. The zero-order valence-corrected chi connectivity index (χ0v) is 18.9. The van der Waals surface area contributed by atoms with Gasteiger partial charge in [-0.3, -0.25) is 4.79 Å². The van der Waals surface area contributed by atoms with Crippen LogP contribution in [-0.2, 0) is 16.0 Å². The Bertz CT molecular complexity index is 835. The predicted octanol–water partition coefficient (Wildman–Crippen LogP) is 4.41. The van der Waals surface area contributed by atoms with Gasteiger partial charge in [-0.05, 0) is 55.9 Å². The van der Waals surface area contributed by atoms with Gasteiger partial charge in [0.1, 0.15) is 0 Å². The summed E-state index contributed by atoms with van der Waals surface area (Å²) in [4.78, 5) is 24.4. The fourth-order valence-electron chi connectivity index (χ4n) is 2.95. The first kappa shape index (κ1) is 24.3. The maximum Gasteiger partial charge on any atom is 0.338 e. The van der Waals surface area contributed by atoms with Crippen LogP contribution in [0.3, 0.4) is 0 Å². The molecule has 1 atom stereocenters. The summed E-state index contributed by atoms with van der Waals surface area (Å²) in [5, 5.41) is 2.86. The molecule has 1 amide bonds. The fourth-order valence-corrected chi connectivity index (χ4v) is 2.95. The Labute approximate surface area is 184 Å². The van der Waals surface area contributed by atoms with E-state index in [-0.39, 0.29) is 18.6 Å². The van der Waals surface area contributed by atoms with E-state index in [1.165, 1.54) is 12.7 Å². The summed E-state index contributed by atoms with van der Waals surface area (Å²) in [5.41, 5.74) is 1.53. The minimum Gasteiger partial charge on any atom is -0.493 e. The van der Waals surface area contributed by atoms with Gasteiger partial charge in [0.25, 0.3) is 5.91 Å². The van der Waals surface area contributed by atoms with E-state index < -0.39 is 5.97 Å². The monoisotopic (exact) mass is 427 g/mol. The van der Waals surface area contributed by atoms with Crippen LogP contribution >= 0.6 is 0 Å². The number of aryl methyl sites for hydroxylation is 1. The Balaban J connectivity index is 1.79. The lowest BCUT2D eigenvalue weighted by Crippen LogP contribution is -2.36. The molecule has 168 valence electrons. The summed E-state index contributed by atoms with van der Waals surface area (Å²) >= 11 is 0. The first-order chi connectivity index (χ1) is 14.9. The lowest BCUT2D eigenvalue weighted by molar-refractivity contribution is -0.124. The van der Waals surface area contributed by atoms with Crippen molar-refractivity contribution < 1.29 is 23.8 Å². The van der Waals surface area contributed by atoms with Gasteiger partial charge in [0, 0.05) is 6.04 Å². The highest BCUT2D eigenvalue weighted by Gasteiger charge is 2.15. The topological polar surface area (TPSA) is 73.9 Å². The van der Waals surface area contributed by atoms with Crippen LogP contribution in [0.4, 0.5) is 0 Å². The van der Waals surface area contributed by atoms with E-state index in [4.69, 9.17) is 14.2 Å². The summed E-state index contributed by atoms with van der Waals surface area (Å²) in [6, 6.07) is 14.9. The van der Waals surface area contributed by atoms with Gasteiger partial charge in [0.2, 0.25) is 0 Å². The minimum absolute atomic E-state index is 0.0197. The third-order valence-corrected chi connectivity index (χ3v) is 4.80. The van der Waals surface area contributed by atoms with E-state index in [1.54, 1.807) is 18.2 Å². The van der Waals surface area contributed by atoms with Crippen molar-refractivity contribution >= 4 is 11.9 Å². The Hall–Kier alpha value is -3.02. The van der Waals surface area contributed by atoms with Crippen molar-refractivity contribution in [1.29, 1.82) is 0 Å². The van der Waals surface area contributed by atoms with Gasteiger partial charge >= 0.3 is 5.97 Å². The second-order valence-corrected chi connectivity index (χ2v) is 7.97. The molecule has 0 saturated carbocycles. The molecule has 31 heavy (non-hydrogen) atoms. The van der Waals surface area contributed by atoms with Gasteiger partial charge in [-0.1, -0.05) is 44.2 Å². The summed E-state index contributed by atoms with van der Waals surface area (Å²) in [6.07, 6.45) is 2.60. The molecule has 2 rings (SSSR count). The van der Waals surface area contributed by atoms with Crippen molar-refractivity contribution in [3.63, 3.8) is 0 Å². The van der Waals surface area contributed by atoms with Crippen LogP contribution in [0.1, 0.15) is 49.5 Å². The van der Waals surface area contributed by atoms with Gasteiger partial charge in [0.15, 0.2) is 18.1 Å². The number of nitrogens with one attached hydrogen (secondary N) is 1. The van der Waals surface area contributed by atoms with Gasteiger partial charge in [0.05, 0.1) is 19.3 Å². The SMILES string of the molecule is COc1cc(C(=O)OCC(=O)NC(C)CCc2ccccc2)ccc1OCCC(C)C. The van der Waals surface area contributed by atoms with E-state index >= 15 is 0 Å². The van der Waals surface area contributed by atoms with Crippen LogP contribution in [0.5, 0.6) is 11.5 Å². The van der Waals surface area contributed by atoms with Gasteiger partial charge < -0.3 is 19.5 Å². The minimum atomic E-state index is -0.584. The number of benzene rings is 2. The molecule has 2 aromatic carbocycles. The number of hydrogen-bond acceptors (Lipinski definition) is 5. The van der Waals surface area contributed by atoms with Gasteiger partial charge in [-0.2, -0.15) is 0 Å². The van der Waals surface area contributed by atoms with Crippen LogP contribution < -0.4 is 14.8 Å². The average molecular weight is 428 g/mol. The number of carbonyl (C=O) groups excluding carboxylic acids is 2. The highest BCUT2D eigenvalue weighted by atomic mass is 16.5. The predicted molar refractivity (Wildman–Crippen MR) is 121 cm³/mol. The van der Waals surface area contributed by atoms with Crippen LogP contribution in [0, 0.1) is 5.92 Å². The maximum absolute atomic E-state index is 12.3. The number of methoxy groups -OCH3 is 1.